The minimum Gasteiger partial charge on any atom is -0.462 e. The van der Waals surface area contributed by atoms with E-state index in [0.717, 1.165) is 122 Å². The van der Waals surface area contributed by atoms with E-state index < -0.39 is 6.10 Å². The first-order valence-corrected chi connectivity index (χ1v) is 25.3. The number of rotatable bonds is 44. The Hall–Kier alpha value is -3.67. The molecule has 1 unspecified atom stereocenters. The van der Waals surface area contributed by atoms with Gasteiger partial charge >= 0.3 is 17.9 Å². The number of hydrogen-bond acceptors (Lipinski definition) is 6. The molecule has 0 aliphatic heterocycles. The van der Waals surface area contributed by atoms with Gasteiger partial charge in [-0.1, -0.05) is 189 Å². The molecule has 0 aliphatic rings. The zero-order valence-electron chi connectivity index (χ0n) is 40.1. The Morgan fingerprint density at radius 1 is 0.355 bits per heavy atom. The van der Waals surface area contributed by atoms with Gasteiger partial charge in [0.25, 0.3) is 0 Å². The molecule has 0 saturated carbocycles. The molecule has 0 aromatic carbocycles. The number of ether oxygens (including phenoxy) is 3. The lowest BCUT2D eigenvalue weighted by molar-refractivity contribution is -0.167. The molecule has 6 nitrogen and oxygen atoms in total. The molecule has 352 valence electrons. The van der Waals surface area contributed by atoms with Gasteiger partial charge in [-0.05, 0) is 109 Å². The third kappa shape index (κ3) is 47.4. The highest BCUT2D eigenvalue weighted by Gasteiger charge is 2.19. The number of carbonyl (C=O) groups excluding carboxylic acids is 3. The van der Waals surface area contributed by atoms with Crippen LogP contribution in [-0.2, 0) is 28.6 Å². The third-order valence-electron chi connectivity index (χ3n) is 10.3. The SMILES string of the molecule is CC/C=C\C/C=C\C/C=C\C/C=C\C/C=C\CCCCCC(=O)OCC(COC(=O)CCCCC/C=C\C=C/CCCC)OC(=O)CCCCC/C=C\CCCCCCCCC. The summed E-state index contributed by atoms with van der Waals surface area (Å²) in [5.41, 5.74) is 0. The third-order valence-corrected chi connectivity index (χ3v) is 10.3. The maximum Gasteiger partial charge on any atom is 0.306 e. The van der Waals surface area contributed by atoms with Crippen molar-refractivity contribution in [1.29, 1.82) is 0 Å². The van der Waals surface area contributed by atoms with Crippen LogP contribution in [0.15, 0.2) is 97.2 Å². The smallest absolute Gasteiger partial charge is 0.306 e. The summed E-state index contributed by atoms with van der Waals surface area (Å²) in [5, 5.41) is 0. The zero-order valence-corrected chi connectivity index (χ0v) is 40.1. The van der Waals surface area contributed by atoms with Crippen molar-refractivity contribution in [3.8, 4) is 0 Å². The Morgan fingerprint density at radius 2 is 0.694 bits per heavy atom. The van der Waals surface area contributed by atoms with Crippen molar-refractivity contribution in [2.24, 2.45) is 0 Å². The van der Waals surface area contributed by atoms with Crippen molar-refractivity contribution in [2.75, 3.05) is 13.2 Å². The van der Waals surface area contributed by atoms with E-state index in [-0.39, 0.29) is 31.1 Å². The lowest BCUT2D eigenvalue weighted by Crippen LogP contribution is -2.30. The first kappa shape index (κ1) is 58.3. The highest BCUT2D eigenvalue weighted by atomic mass is 16.6. The van der Waals surface area contributed by atoms with Crippen molar-refractivity contribution < 1.29 is 28.6 Å². The van der Waals surface area contributed by atoms with Gasteiger partial charge in [-0.2, -0.15) is 0 Å². The Labute approximate surface area is 381 Å². The van der Waals surface area contributed by atoms with Gasteiger partial charge in [-0.15, -0.1) is 0 Å². The van der Waals surface area contributed by atoms with Crippen LogP contribution in [0.25, 0.3) is 0 Å². The van der Waals surface area contributed by atoms with Gasteiger partial charge in [0.2, 0.25) is 0 Å². The summed E-state index contributed by atoms with van der Waals surface area (Å²) in [5.74, 6) is -0.989. The van der Waals surface area contributed by atoms with Crippen LogP contribution >= 0.6 is 0 Å². The molecule has 0 bridgehead atoms. The average molecular weight is 861 g/mol. The molecule has 0 N–H and O–H groups in total. The van der Waals surface area contributed by atoms with Gasteiger partial charge in [-0.3, -0.25) is 14.4 Å². The largest absolute Gasteiger partial charge is 0.462 e. The molecule has 0 radical (unpaired) electrons. The van der Waals surface area contributed by atoms with Crippen LogP contribution in [0.1, 0.15) is 220 Å². The Balaban J connectivity index is 4.48. The first-order valence-electron chi connectivity index (χ1n) is 25.3. The monoisotopic (exact) mass is 861 g/mol. The number of esters is 3. The summed E-state index contributed by atoms with van der Waals surface area (Å²) >= 11 is 0. The van der Waals surface area contributed by atoms with Crippen LogP contribution in [0.3, 0.4) is 0 Å². The molecule has 0 aromatic heterocycles. The van der Waals surface area contributed by atoms with Crippen LogP contribution < -0.4 is 0 Å². The fourth-order valence-corrected chi connectivity index (χ4v) is 6.50. The molecule has 0 rings (SSSR count). The molecule has 0 heterocycles. The molecular formula is C56H92O6. The molecular weight excluding hydrogens is 769 g/mol. The Morgan fingerprint density at radius 3 is 1.15 bits per heavy atom. The van der Waals surface area contributed by atoms with Crippen molar-refractivity contribution >= 4 is 17.9 Å². The Kier molecular flexibility index (Phi) is 47.0. The number of carbonyl (C=O) groups is 3. The predicted octanol–water partition coefficient (Wildman–Crippen LogP) is 16.6. The average Bonchev–Trinajstić information content (AvgIpc) is 3.27. The maximum atomic E-state index is 12.8. The van der Waals surface area contributed by atoms with Gasteiger partial charge in [0.1, 0.15) is 13.2 Å². The molecule has 1 atom stereocenters. The van der Waals surface area contributed by atoms with Crippen molar-refractivity contribution in [1.82, 2.24) is 0 Å². The summed E-state index contributed by atoms with van der Waals surface area (Å²) in [4.78, 5) is 37.9. The fourth-order valence-electron chi connectivity index (χ4n) is 6.50. The van der Waals surface area contributed by atoms with Gasteiger partial charge in [-0.25, -0.2) is 0 Å². The van der Waals surface area contributed by atoms with Crippen LogP contribution in [0.4, 0.5) is 0 Å². The van der Waals surface area contributed by atoms with Gasteiger partial charge in [0.05, 0.1) is 0 Å². The number of unbranched alkanes of at least 4 members (excludes halogenated alkanes) is 18. The van der Waals surface area contributed by atoms with Gasteiger partial charge in [0.15, 0.2) is 6.10 Å². The molecule has 0 spiro atoms. The molecule has 62 heavy (non-hydrogen) atoms. The minimum atomic E-state index is -0.809. The van der Waals surface area contributed by atoms with Gasteiger partial charge < -0.3 is 14.2 Å². The lowest BCUT2D eigenvalue weighted by Gasteiger charge is -2.18. The van der Waals surface area contributed by atoms with Crippen molar-refractivity contribution in [3.63, 3.8) is 0 Å². The van der Waals surface area contributed by atoms with Gasteiger partial charge in [0, 0.05) is 19.3 Å². The van der Waals surface area contributed by atoms with E-state index in [4.69, 9.17) is 14.2 Å². The normalized spacial score (nSPS) is 12.9. The van der Waals surface area contributed by atoms with E-state index in [1.807, 2.05) is 0 Å². The second kappa shape index (κ2) is 50.0. The predicted molar refractivity (Wildman–Crippen MR) is 265 cm³/mol. The first-order chi connectivity index (χ1) is 30.5. The van der Waals surface area contributed by atoms with E-state index in [9.17, 15) is 14.4 Å². The zero-order chi connectivity index (χ0) is 45.1. The molecule has 0 saturated heterocycles. The molecule has 0 aromatic rings. The van der Waals surface area contributed by atoms with Crippen LogP contribution in [0.5, 0.6) is 0 Å². The van der Waals surface area contributed by atoms with E-state index in [2.05, 4.69) is 118 Å². The maximum absolute atomic E-state index is 12.8. The van der Waals surface area contributed by atoms with Crippen molar-refractivity contribution in [3.05, 3.63) is 97.2 Å². The molecule has 6 heteroatoms. The number of hydrogen-bond donors (Lipinski definition) is 0. The highest BCUT2D eigenvalue weighted by molar-refractivity contribution is 5.71. The summed E-state index contributed by atoms with van der Waals surface area (Å²) in [7, 11) is 0. The second-order valence-electron chi connectivity index (χ2n) is 16.4. The Bertz CT molecular complexity index is 1260. The van der Waals surface area contributed by atoms with Crippen LogP contribution in [0, 0.1) is 0 Å². The van der Waals surface area contributed by atoms with Crippen LogP contribution in [-0.4, -0.2) is 37.2 Å². The number of allylic oxidation sites excluding steroid dienone is 16. The summed E-state index contributed by atoms with van der Waals surface area (Å²) in [6, 6.07) is 0. The topological polar surface area (TPSA) is 78.9 Å². The van der Waals surface area contributed by atoms with E-state index in [1.165, 1.54) is 57.8 Å². The highest BCUT2D eigenvalue weighted by Crippen LogP contribution is 2.12. The van der Waals surface area contributed by atoms with E-state index >= 15 is 0 Å². The standard InChI is InChI=1S/C56H92O6/c1-4-7-10-13-16-19-22-24-26-27-28-29-30-32-34-37-40-43-46-49-55(58)61-52-53(51-60-54(57)48-45-42-39-36-33-21-18-15-12-9-6-3)62-56(59)50-47-44-41-38-35-31-25-23-20-17-14-11-8-5-2/h7,10,15-16,18-19,21,24,26,28-29,31-35,53H,4-6,8-9,11-14,17,20,22-23,25,27,30,36-52H2,1-3H3/b10-7-,18-15-,19-16-,26-24-,29-28-,33-21-,34-32-,35-31-. The van der Waals surface area contributed by atoms with E-state index in [1.54, 1.807) is 0 Å². The van der Waals surface area contributed by atoms with Crippen molar-refractivity contribution in [2.45, 2.75) is 226 Å². The summed E-state index contributed by atoms with van der Waals surface area (Å²) < 4.78 is 16.7. The molecule has 0 aliphatic carbocycles. The minimum absolute atomic E-state index is 0.109. The summed E-state index contributed by atoms with van der Waals surface area (Å²) in [6.45, 7) is 6.38. The summed E-state index contributed by atoms with van der Waals surface area (Å²) in [6.07, 6.45) is 65.4. The van der Waals surface area contributed by atoms with Crippen LogP contribution in [0.2, 0.25) is 0 Å². The fraction of sp³-hybridized carbons (Fsp3) is 0.661. The quantitative estimate of drug-likeness (QED) is 0.0200. The van der Waals surface area contributed by atoms with E-state index in [0.29, 0.717) is 19.3 Å². The molecule has 0 fully saturated rings. The second-order valence-corrected chi connectivity index (χ2v) is 16.4. The lowest BCUT2D eigenvalue weighted by atomic mass is 10.1. The molecule has 0 amide bonds.